The summed E-state index contributed by atoms with van der Waals surface area (Å²) in [5.74, 6) is 0.117. The molecule has 118 valence electrons. The van der Waals surface area contributed by atoms with Crippen molar-refractivity contribution in [2.75, 3.05) is 13.1 Å². The molecule has 2 aromatic heterocycles. The van der Waals surface area contributed by atoms with Crippen molar-refractivity contribution in [1.82, 2.24) is 9.88 Å². The molecule has 6 heteroatoms. The van der Waals surface area contributed by atoms with Gasteiger partial charge in [0, 0.05) is 30.9 Å². The Kier molecular flexibility index (Phi) is 4.52. The monoisotopic (exact) mass is 311 g/mol. The Labute approximate surface area is 134 Å². The zero-order valence-electron chi connectivity index (χ0n) is 12.6. The molecule has 0 bridgehead atoms. The molecule has 2 aromatic rings. The molecule has 0 saturated heterocycles. The fraction of sp³-hybridized carbons (Fsp3) is 0.235. The first kappa shape index (κ1) is 15.0. The highest BCUT2D eigenvalue weighted by atomic mass is 16.6. The maximum absolute atomic E-state index is 12.4. The Morgan fingerprint density at radius 3 is 3.04 bits per heavy atom. The molecule has 0 spiro atoms. The van der Waals surface area contributed by atoms with Crippen LogP contribution < -0.4 is 0 Å². The van der Waals surface area contributed by atoms with E-state index in [1.807, 2.05) is 12.1 Å². The van der Waals surface area contributed by atoms with E-state index in [1.54, 1.807) is 35.5 Å². The zero-order valence-corrected chi connectivity index (χ0v) is 12.6. The number of carbonyl (C=O) groups is 1. The topological polar surface area (TPSA) is 67.9 Å². The summed E-state index contributed by atoms with van der Waals surface area (Å²) >= 11 is 0. The second-order valence-corrected chi connectivity index (χ2v) is 5.19. The molecule has 1 amide bonds. The summed E-state index contributed by atoms with van der Waals surface area (Å²) in [6, 6.07) is 7.13. The van der Waals surface area contributed by atoms with Crippen molar-refractivity contribution in [3.63, 3.8) is 0 Å². The number of amides is 1. The Morgan fingerprint density at radius 1 is 1.43 bits per heavy atom. The number of aromatic nitrogens is 1. The molecule has 0 aromatic carbocycles. The van der Waals surface area contributed by atoms with Gasteiger partial charge in [0.15, 0.2) is 11.9 Å². The number of hydrogen-bond acceptors (Lipinski definition) is 5. The quantitative estimate of drug-likeness (QED) is 0.769. The summed E-state index contributed by atoms with van der Waals surface area (Å²) in [6.45, 7) is 4.53. The van der Waals surface area contributed by atoms with Crippen LogP contribution in [-0.2, 0) is 4.84 Å². The van der Waals surface area contributed by atoms with E-state index in [0.29, 0.717) is 25.3 Å². The van der Waals surface area contributed by atoms with E-state index >= 15 is 0 Å². The predicted molar refractivity (Wildman–Crippen MR) is 85.1 cm³/mol. The van der Waals surface area contributed by atoms with E-state index in [0.717, 1.165) is 11.3 Å². The molecule has 0 aliphatic carbocycles. The van der Waals surface area contributed by atoms with Crippen molar-refractivity contribution < 1.29 is 14.0 Å². The lowest BCUT2D eigenvalue weighted by Gasteiger charge is -2.22. The first-order chi connectivity index (χ1) is 11.3. The van der Waals surface area contributed by atoms with Gasteiger partial charge in [-0.15, -0.1) is 6.58 Å². The number of hydrogen-bond donors (Lipinski definition) is 0. The summed E-state index contributed by atoms with van der Waals surface area (Å²) in [6.07, 6.45) is 7.06. The lowest BCUT2D eigenvalue weighted by Crippen LogP contribution is -2.37. The molecular formula is C17H17N3O3. The third-order valence-electron chi connectivity index (χ3n) is 3.52. The summed E-state index contributed by atoms with van der Waals surface area (Å²) in [5.41, 5.74) is 1.77. The third kappa shape index (κ3) is 3.48. The number of oxime groups is 1. The average molecular weight is 311 g/mol. The SMILES string of the molecule is C=CCN(CC1CC(c2cccnc2)=NO1)C(=O)c1ccco1. The molecule has 0 radical (unpaired) electrons. The van der Waals surface area contributed by atoms with Crippen LogP contribution >= 0.6 is 0 Å². The predicted octanol–water partition coefficient (Wildman–Crippen LogP) is 2.50. The normalized spacial score (nSPS) is 16.5. The first-order valence-electron chi connectivity index (χ1n) is 7.34. The Balaban J connectivity index is 1.64. The van der Waals surface area contributed by atoms with E-state index < -0.39 is 0 Å². The lowest BCUT2D eigenvalue weighted by molar-refractivity contribution is 0.0432. The number of pyridine rings is 1. The highest BCUT2D eigenvalue weighted by Gasteiger charge is 2.27. The van der Waals surface area contributed by atoms with E-state index in [-0.39, 0.29) is 12.0 Å². The fourth-order valence-corrected chi connectivity index (χ4v) is 2.43. The van der Waals surface area contributed by atoms with Crippen molar-refractivity contribution in [1.29, 1.82) is 0 Å². The van der Waals surface area contributed by atoms with Gasteiger partial charge in [0.05, 0.1) is 18.5 Å². The van der Waals surface area contributed by atoms with Crippen LogP contribution in [-0.4, -0.2) is 40.7 Å². The van der Waals surface area contributed by atoms with Gasteiger partial charge < -0.3 is 14.2 Å². The molecule has 0 fully saturated rings. The number of rotatable bonds is 6. The van der Waals surface area contributed by atoms with Crippen LogP contribution in [0.2, 0.25) is 0 Å². The molecule has 3 heterocycles. The van der Waals surface area contributed by atoms with Crippen molar-refractivity contribution in [2.45, 2.75) is 12.5 Å². The van der Waals surface area contributed by atoms with E-state index in [2.05, 4.69) is 16.7 Å². The summed E-state index contributed by atoms with van der Waals surface area (Å²) in [5, 5.41) is 4.11. The van der Waals surface area contributed by atoms with Crippen LogP contribution in [0.5, 0.6) is 0 Å². The number of carbonyl (C=O) groups excluding carboxylic acids is 1. The molecule has 6 nitrogen and oxygen atoms in total. The van der Waals surface area contributed by atoms with Gasteiger partial charge in [-0.25, -0.2) is 0 Å². The summed E-state index contributed by atoms with van der Waals surface area (Å²) < 4.78 is 5.17. The second-order valence-electron chi connectivity index (χ2n) is 5.19. The van der Waals surface area contributed by atoms with Crippen LogP contribution in [0, 0.1) is 0 Å². The minimum absolute atomic E-state index is 0.187. The average Bonchev–Trinajstić information content (AvgIpc) is 3.26. The van der Waals surface area contributed by atoms with Crippen LogP contribution in [0.3, 0.4) is 0 Å². The van der Waals surface area contributed by atoms with Gasteiger partial charge in [-0.3, -0.25) is 9.78 Å². The second kappa shape index (κ2) is 6.91. The first-order valence-corrected chi connectivity index (χ1v) is 7.34. The van der Waals surface area contributed by atoms with Gasteiger partial charge in [0.2, 0.25) is 0 Å². The van der Waals surface area contributed by atoms with E-state index in [1.165, 1.54) is 6.26 Å². The maximum Gasteiger partial charge on any atom is 0.289 e. The van der Waals surface area contributed by atoms with Gasteiger partial charge in [-0.05, 0) is 24.3 Å². The van der Waals surface area contributed by atoms with Crippen molar-refractivity contribution in [3.05, 3.63) is 66.9 Å². The molecule has 1 aliphatic rings. The van der Waals surface area contributed by atoms with Gasteiger partial charge in [-0.2, -0.15) is 0 Å². The Bertz CT molecular complexity index is 695. The number of furan rings is 1. The molecule has 1 aliphatic heterocycles. The molecule has 23 heavy (non-hydrogen) atoms. The van der Waals surface area contributed by atoms with Crippen molar-refractivity contribution in [2.24, 2.45) is 5.16 Å². The Hall–Kier alpha value is -2.89. The standard InChI is InChI=1S/C17H17N3O3/c1-2-8-20(17(21)16-6-4-9-22-16)12-14-10-15(19-23-14)13-5-3-7-18-11-13/h2-7,9,11,14H,1,8,10,12H2. The minimum atomic E-state index is -0.191. The van der Waals surface area contributed by atoms with Crippen molar-refractivity contribution in [3.8, 4) is 0 Å². The van der Waals surface area contributed by atoms with Crippen molar-refractivity contribution >= 4 is 11.6 Å². The van der Waals surface area contributed by atoms with Crippen LogP contribution in [0.15, 0.2) is 65.2 Å². The maximum atomic E-state index is 12.4. The summed E-state index contributed by atoms with van der Waals surface area (Å²) in [4.78, 5) is 23.6. The fourth-order valence-electron chi connectivity index (χ4n) is 2.43. The van der Waals surface area contributed by atoms with Gasteiger partial charge >= 0.3 is 0 Å². The molecule has 1 atom stereocenters. The van der Waals surface area contributed by atoms with Gasteiger partial charge in [0.1, 0.15) is 0 Å². The Morgan fingerprint density at radius 2 is 2.35 bits per heavy atom. The zero-order chi connectivity index (χ0) is 16.1. The minimum Gasteiger partial charge on any atom is -0.459 e. The molecule has 1 unspecified atom stereocenters. The highest BCUT2D eigenvalue weighted by molar-refractivity contribution is 6.01. The van der Waals surface area contributed by atoms with Crippen LogP contribution in [0.25, 0.3) is 0 Å². The molecule has 3 rings (SSSR count). The van der Waals surface area contributed by atoms with Crippen LogP contribution in [0.4, 0.5) is 0 Å². The third-order valence-corrected chi connectivity index (χ3v) is 3.52. The van der Waals surface area contributed by atoms with E-state index in [4.69, 9.17) is 9.25 Å². The molecule has 0 saturated carbocycles. The van der Waals surface area contributed by atoms with Gasteiger partial charge in [-0.1, -0.05) is 11.2 Å². The number of nitrogens with zero attached hydrogens (tertiary/aromatic N) is 3. The lowest BCUT2D eigenvalue weighted by atomic mass is 10.1. The smallest absolute Gasteiger partial charge is 0.289 e. The van der Waals surface area contributed by atoms with E-state index in [9.17, 15) is 4.79 Å². The highest BCUT2D eigenvalue weighted by Crippen LogP contribution is 2.18. The van der Waals surface area contributed by atoms with Crippen LogP contribution in [0.1, 0.15) is 22.5 Å². The van der Waals surface area contributed by atoms with Gasteiger partial charge in [0.25, 0.3) is 5.91 Å². The molecule has 0 N–H and O–H groups in total. The summed E-state index contributed by atoms with van der Waals surface area (Å²) in [7, 11) is 0. The molecular weight excluding hydrogens is 294 g/mol. The largest absolute Gasteiger partial charge is 0.459 e.